The predicted molar refractivity (Wildman–Crippen MR) is 102 cm³/mol. The van der Waals surface area contributed by atoms with E-state index in [1.54, 1.807) is 6.92 Å². The summed E-state index contributed by atoms with van der Waals surface area (Å²) >= 11 is 0. The number of carbonyl (C=O) groups is 1. The minimum Gasteiger partial charge on any atom is -0.490 e. The van der Waals surface area contributed by atoms with E-state index in [4.69, 9.17) is 4.74 Å². The van der Waals surface area contributed by atoms with E-state index < -0.39 is 4.92 Å². The molecule has 1 aromatic carbocycles. The molecule has 0 radical (unpaired) electrons. The summed E-state index contributed by atoms with van der Waals surface area (Å²) in [6.45, 7) is 2.01. The third-order valence-corrected chi connectivity index (χ3v) is 6.66. The maximum Gasteiger partial charge on any atom is 0.311 e. The highest BCUT2D eigenvalue weighted by Gasteiger charge is 2.50. The highest BCUT2D eigenvalue weighted by molar-refractivity contribution is 5.93. The van der Waals surface area contributed by atoms with Crippen LogP contribution in [0.15, 0.2) is 12.1 Å². The van der Waals surface area contributed by atoms with Gasteiger partial charge in [-0.1, -0.05) is 0 Å². The molecule has 0 aliphatic heterocycles. The van der Waals surface area contributed by atoms with Crippen molar-refractivity contribution in [3.8, 4) is 5.75 Å². The van der Waals surface area contributed by atoms with E-state index in [0.29, 0.717) is 11.3 Å². The van der Waals surface area contributed by atoms with Gasteiger partial charge in [-0.05, 0) is 68.8 Å². The topological polar surface area (TPSA) is 93.5 Å². The predicted octanol–water partition coefficient (Wildman–Crippen LogP) is 3.41. The lowest BCUT2D eigenvalue weighted by atomic mass is 9.53. The number of anilines is 1. The molecule has 4 saturated carbocycles. The number of nitro benzene ring substituents is 1. The van der Waals surface area contributed by atoms with Crippen molar-refractivity contribution in [3.63, 3.8) is 0 Å². The average Bonchev–Trinajstić information content (AvgIpc) is 2.60. The molecule has 4 bridgehead atoms. The minimum absolute atomic E-state index is 0.0975. The first-order valence-corrected chi connectivity index (χ1v) is 9.75. The van der Waals surface area contributed by atoms with Crippen LogP contribution in [0.5, 0.6) is 5.75 Å². The summed E-state index contributed by atoms with van der Waals surface area (Å²) in [5.74, 6) is 2.51. The molecule has 7 heteroatoms. The second-order valence-electron chi connectivity index (χ2n) is 8.70. The van der Waals surface area contributed by atoms with E-state index >= 15 is 0 Å². The number of hydrogen-bond donors (Lipinski definition) is 2. The zero-order valence-electron chi connectivity index (χ0n) is 15.9. The molecular weight excluding hydrogens is 346 g/mol. The number of nitrogens with one attached hydrogen (secondary N) is 2. The minimum atomic E-state index is -0.480. The molecule has 1 amide bonds. The lowest BCUT2D eigenvalue weighted by molar-refractivity contribution is -0.385. The number of rotatable bonds is 6. The molecule has 27 heavy (non-hydrogen) atoms. The van der Waals surface area contributed by atoms with Crippen molar-refractivity contribution < 1.29 is 14.5 Å². The zero-order valence-corrected chi connectivity index (χ0v) is 15.9. The van der Waals surface area contributed by atoms with Crippen LogP contribution in [0.1, 0.15) is 44.1 Å². The monoisotopic (exact) mass is 373 g/mol. The van der Waals surface area contributed by atoms with Crippen LogP contribution >= 0.6 is 0 Å². The Balaban J connectivity index is 1.41. The van der Waals surface area contributed by atoms with Gasteiger partial charge in [0, 0.05) is 23.4 Å². The number of carbonyl (C=O) groups excluding carboxylic acids is 1. The molecule has 0 saturated heterocycles. The Morgan fingerprint density at radius 3 is 2.33 bits per heavy atom. The molecular formula is C20H27N3O4. The number of ether oxygens (including phenoxy) is 1. The van der Waals surface area contributed by atoms with E-state index in [9.17, 15) is 14.9 Å². The van der Waals surface area contributed by atoms with Crippen molar-refractivity contribution in [1.82, 2.24) is 5.32 Å². The molecule has 4 fully saturated rings. The fraction of sp³-hybridized carbons (Fsp3) is 0.650. The van der Waals surface area contributed by atoms with Crippen molar-refractivity contribution in [2.75, 3.05) is 19.0 Å². The molecule has 7 nitrogen and oxygen atoms in total. The highest BCUT2D eigenvalue weighted by Crippen LogP contribution is 2.55. The Kier molecular flexibility index (Phi) is 4.58. The molecule has 0 spiro atoms. The summed E-state index contributed by atoms with van der Waals surface area (Å²) in [4.78, 5) is 23.2. The lowest BCUT2D eigenvalue weighted by Crippen LogP contribution is -2.59. The third-order valence-electron chi connectivity index (χ3n) is 6.66. The van der Waals surface area contributed by atoms with Crippen LogP contribution < -0.4 is 15.4 Å². The van der Waals surface area contributed by atoms with Crippen LogP contribution in [-0.4, -0.2) is 30.0 Å². The number of nitrogens with zero attached hydrogens (tertiary/aromatic N) is 1. The molecule has 4 aliphatic carbocycles. The van der Waals surface area contributed by atoms with Gasteiger partial charge in [0.05, 0.1) is 18.6 Å². The van der Waals surface area contributed by atoms with Gasteiger partial charge in [0.2, 0.25) is 5.91 Å². The Morgan fingerprint density at radius 1 is 1.22 bits per heavy atom. The maximum absolute atomic E-state index is 12.5. The van der Waals surface area contributed by atoms with Crippen LogP contribution in [0.3, 0.4) is 0 Å². The van der Waals surface area contributed by atoms with Crippen LogP contribution in [-0.2, 0) is 4.79 Å². The second-order valence-corrected chi connectivity index (χ2v) is 8.70. The van der Waals surface area contributed by atoms with Gasteiger partial charge in [-0.2, -0.15) is 0 Å². The van der Waals surface area contributed by atoms with Crippen LogP contribution in [0.2, 0.25) is 0 Å². The summed E-state index contributed by atoms with van der Waals surface area (Å²) in [6, 6.07) is 2.96. The fourth-order valence-electron chi connectivity index (χ4n) is 5.90. The van der Waals surface area contributed by atoms with E-state index in [1.165, 1.54) is 57.8 Å². The van der Waals surface area contributed by atoms with Crippen molar-refractivity contribution in [2.45, 2.75) is 51.0 Å². The molecule has 0 unspecified atom stereocenters. The fourth-order valence-corrected chi connectivity index (χ4v) is 5.90. The first-order valence-electron chi connectivity index (χ1n) is 9.75. The summed E-state index contributed by atoms with van der Waals surface area (Å²) in [7, 11) is 1.39. The van der Waals surface area contributed by atoms with Gasteiger partial charge in [-0.3, -0.25) is 14.9 Å². The molecule has 2 N–H and O–H groups in total. The van der Waals surface area contributed by atoms with Gasteiger partial charge in [0.25, 0.3) is 0 Å². The van der Waals surface area contributed by atoms with Crippen molar-refractivity contribution in [1.29, 1.82) is 0 Å². The summed E-state index contributed by atoms with van der Waals surface area (Å²) in [5, 5.41) is 17.6. The number of amides is 1. The van der Waals surface area contributed by atoms with E-state index in [2.05, 4.69) is 10.6 Å². The summed E-state index contributed by atoms with van der Waals surface area (Å²) in [5.41, 5.74) is 1.23. The second kappa shape index (κ2) is 6.78. The summed E-state index contributed by atoms with van der Waals surface area (Å²) in [6.07, 6.45) is 7.68. The number of nitro groups is 1. The van der Waals surface area contributed by atoms with Gasteiger partial charge in [-0.15, -0.1) is 0 Å². The van der Waals surface area contributed by atoms with Gasteiger partial charge in [-0.25, -0.2) is 0 Å². The number of benzene rings is 1. The van der Waals surface area contributed by atoms with Gasteiger partial charge < -0.3 is 15.4 Å². The molecule has 0 atom stereocenters. The molecule has 0 aromatic heterocycles. The van der Waals surface area contributed by atoms with Crippen LogP contribution in [0, 0.1) is 34.8 Å². The number of methoxy groups -OCH3 is 1. The standard InChI is InChI=1S/C20H27N3O4/c1-12-3-17(23(25)26)18(27-2)7-16(12)22-19(24)11-21-20-8-13-4-14(9-20)6-15(5-13)10-20/h3,7,13-15,21H,4-6,8-11H2,1-2H3,(H,22,24). The third kappa shape index (κ3) is 3.52. The molecule has 4 aliphatic rings. The van der Waals surface area contributed by atoms with Gasteiger partial charge in [0.15, 0.2) is 5.75 Å². The van der Waals surface area contributed by atoms with Gasteiger partial charge in [0.1, 0.15) is 0 Å². The van der Waals surface area contributed by atoms with E-state index in [0.717, 1.165) is 17.8 Å². The van der Waals surface area contributed by atoms with Crippen molar-refractivity contribution in [3.05, 3.63) is 27.8 Å². The lowest BCUT2D eigenvalue weighted by Gasteiger charge is -2.57. The van der Waals surface area contributed by atoms with Crippen molar-refractivity contribution >= 4 is 17.3 Å². The Labute approximate surface area is 159 Å². The SMILES string of the molecule is COc1cc(NC(=O)CNC23CC4CC(CC(C4)C2)C3)c(C)cc1[N+](=O)[O-]. The Morgan fingerprint density at radius 2 is 1.81 bits per heavy atom. The Bertz CT molecular complexity index is 741. The van der Waals surface area contributed by atoms with Crippen molar-refractivity contribution in [2.24, 2.45) is 17.8 Å². The maximum atomic E-state index is 12.5. The molecule has 146 valence electrons. The summed E-state index contributed by atoms with van der Waals surface area (Å²) < 4.78 is 5.10. The number of hydrogen-bond acceptors (Lipinski definition) is 5. The zero-order chi connectivity index (χ0) is 19.2. The van der Waals surface area contributed by atoms with Crippen LogP contribution in [0.4, 0.5) is 11.4 Å². The van der Waals surface area contributed by atoms with Crippen LogP contribution in [0.25, 0.3) is 0 Å². The normalized spacial score (nSPS) is 31.0. The van der Waals surface area contributed by atoms with E-state index in [-0.39, 0.29) is 29.4 Å². The highest BCUT2D eigenvalue weighted by atomic mass is 16.6. The quantitative estimate of drug-likeness (QED) is 0.589. The number of aryl methyl sites for hydroxylation is 1. The Hall–Kier alpha value is -2.15. The van der Waals surface area contributed by atoms with E-state index in [1.807, 2.05) is 0 Å². The smallest absolute Gasteiger partial charge is 0.311 e. The first-order chi connectivity index (χ1) is 12.9. The molecule has 0 heterocycles. The van der Waals surface area contributed by atoms with Gasteiger partial charge >= 0.3 is 5.69 Å². The first kappa shape index (κ1) is 18.2. The molecule has 1 aromatic rings. The largest absolute Gasteiger partial charge is 0.490 e. The molecule has 5 rings (SSSR count). The average molecular weight is 373 g/mol.